The molecule has 176 valence electrons. The molecule has 0 saturated heterocycles. The third-order valence-electron chi connectivity index (χ3n) is 5.41. The second-order valence-electron chi connectivity index (χ2n) is 7.76. The smallest absolute Gasteiger partial charge is 0.490 e. The van der Waals surface area contributed by atoms with E-state index < -0.39 is 28.3 Å². The van der Waals surface area contributed by atoms with E-state index in [0.29, 0.717) is 36.4 Å². The number of aromatic nitrogens is 1. The number of carbonyl (C=O) groups excluding carboxylic acids is 1. The van der Waals surface area contributed by atoms with Crippen LogP contribution in [-0.4, -0.2) is 49.6 Å². The van der Waals surface area contributed by atoms with Crippen LogP contribution in [0.25, 0.3) is 10.9 Å². The summed E-state index contributed by atoms with van der Waals surface area (Å²) in [6.07, 6.45) is -6.71. The van der Waals surface area contributed by atoms with E-state index >= 15 is 0 Å². The molecule has 7 nitrogen and oxygen atoms in total. The molecule has 2 aromatic carbocycles. The van der Waals surface area contributed by atoms with Crippen molar-refractivity contribution in [1.29, 1.82) is 0 Å². The zero-order chi connectivity index (χ0) is 24.0. The van der Waals surface area contributed by atoms with Crippen LogP contribution in [0, 0.1) is 0 Å². The Balaban J connectivity index is 1.95. The minimum atomic E-state index is -5.21. The van der Waals surface area contributed by atoms with Gasteiger partial charge >= 0.3 is 12.1 Å². The molecule has 0 amide bonds. The Morgan fingerprint density at radius 2 is 1.85 bits per heavy atom. The summed E-state index contributed by atoms with van der Waals surface area (Å²) in [5.41, 5.74) is 0.846. The Kier molecular flexibility index (Phi) is 5.87. The fourth-order valence-corrected chi connectivity index (χ4v) is 5.42. The first kappa shape index (κ1) is 23.1. The lowest BCUT2D eigenvalue weighted by Crippen LogP contribution is -2.27. The van der Waals surface area contributed by atoms with Crippen LogP contribution in [-0.2, 0) is 26.1 Å². The molecule has 0 saturated carbocycles. The Hall–Kier alpha value is -3.05. The van der Waals surface area contributed by atoms with E-state index in [1.54, 1.807) is 30.3 Å². The maximum atomic E-state index is 13.6. The number of nitrogens with zero attached hydrogens (tertiary/aromatic N) is 2. The summed E-state index contributed by atoms with van der Waals surface area (Å²) in [5.74, 6) is -1.83. The van der Waals surface area contributed by atoms with Crippen molar-refractivity contribution in [3.8, 4) is 5.75 Å². The first-order valence-electron chi connectivity index (χ1n) is 10.1. The molecule has 1 atom stereocenters. The third-order valence-corrected chi connectivity index (χ3v) is 7.16. The highest BCUT2D eigenvalue weighted by Gasteiger charge is 2.42. The van der Waals surface area contributed by atoms with E-state index in [-0.39, 0.29) is 16.1 Å². The van der Waals surface area contributed by atoms with E-state index in [2.05, 4.69) is 4.74 Å². The fraction of sp³-hybridized carbons (Fsp3) is 0.318. The minimum Gasteiger partial charge on any atom is -0.492 e. The minimum absolute atomic E-state index is 0.0543. The first-order chi connectivity index (χ1) is 15.5. The van der Waals surface area contributed by atoms with Crippen molar-refractivity contribution in [3.63, 3.8) is 0 Å². The molecule has 33 heavy (non-hydrogen) atoms. The van der Waals surface area contributed by atoms with Crippen molar-refractivity contribution in [2.45, 2.75) is 30.6 Å². The topological polar surface area (TPSA) is 77.8 Å². The van der Waals surface area contributed by atoms with Gasteiger partial charge in [-0.25, -0.2) is 17.2 Å². The molecular weight excluding hydrogens is 461 g/mol. The van der Waals surface area contributed by atoms with Gasteiger partial charge in [-0.1, -0.05) is 18.2 Å². The molecule has 0 spiro atoms. The number of fused-ring (bicyclic) bond motifs is 3. The largest absolute Gasteiger partial charge is 0.492 e. The van der Waals surface area contributed by atoms with Gasteiger partial charge in [0.25, 0.3) is 10.0 Å². The van der Waals surface area contributed by atoms with Crippen molar-refractivity contribution >= 4 is 26.9 Å². The van der Waals surface area contributed by atoms with E-state index in [1.165, 1.54) is 25.1 Å². The Morgan fingerprint density at radius 1 is 1.15 bits per heavy atom. The monoisotopic (exact) mass is 482 g/mol. The molecule has 0 N–H and O–H groups in total. The summed E-state index contributed by atoms with van der Waals surface area (Å²) in [5, 5.41) is 0.491. The number of ether oxygens (including phenoxy) is 2. The SMILES string of the molecule is CC(OC(=O)C(F)(F)F)c1cc2c3c(ccc2n1S(=O)(=O)c1ccccc1)OCCN(C)C3. The third kappa shape index (κ3) is 4.30. The zero-order valence-electron chi connectivity index (χ0n) is 17.8. The molecule has 0 aliphatic carbocycles. The summed E-state index contributed by atoms with van der Waals surface area (Å²) in [7, 11) is -2.35. The quantitative estimate of drug-likeness (QED) is 0.526. The van der Waals surface area contributed by atoms with Crippen LogP contribution in [0.1, 0.15) is 24.3 Å². The van der Waals surface area contributed by atoms with Crippen LogP contribution in [0.4, 0.5) is 13.2 Å². The summed E-state index contributed by atoms with van der Waals surface area (Å²) < 4.78 is 76.9. The van der Waals surface area contributed by atoms with Gasteiger partial charge in [0.1, 0.15) is 18.5 Å². The predicted octanol–water partition coefficient (Wildman–Crippen LogP) is 3.87. The van der Waals surface area contributed by atoms with Gasteiger partial charge in [0.05, 0.1) is 16.1 Å². The highest BCUT2D eigenvalue weighted by Crippen LogP contribution is 2.37. The average molecular weight is 482 g/mol. The number of hydrogen-bond acceptors (Lipinski definition) is 6. The second kappa shape index (κ2) is 8.38. The van der Waals surface area contributed by atoms with Crippen molar-refractivity contribution in [1.82, 2.24) is 8.87 Å². The Morgan fingerprint density at radius 3 is 2.52 bits per heavy atom. The standard InChI is InChI=1S/C22H21F3N2O5S/c1-14(32-21(28)22(23,24)25)19-12-16-17-13-26(2)10-11-31-20(17)9-8-18(16)27(19)33(29,30)15-6-4-3-5-7-15/h3-9,12,14H,10-11,13H2,1-2H3. The molecule has 0 bridgehead atoms. The van der Waals surface area contributed by atoms with E-state index in [4.69, 9.17) is 4.74 Å². The molecule has 3 aromatic rings. The molecule has 11 heteroatoms. The number of esters is 1. The van der Waals surface area contributed by atoms with Gasteiger partial charge in [0, 0.05) is 24.0 Å². The lowest BCUT2D eigenvalue weighted by molar-refractivity contribution is -0.204. The fourth-order valence-electron chi connectivity index (χ4n) is 3.81. The maximum Gasteiger partial charge on any atom is 0.490 e. The number of rotatable bonds is 4. The number of carbonyl (C=O) groups is 1. The molecular formula is C22H21F3N2O5S. The number of halogens is 3. The first-order valence-corrected chi connectivity index (χ1v) is 11.5. The Bertz CT molecular complexity index is 1300. The molecule has 1 aliphatic rings. The Labute approximate surface area is 188 Å². The van der Waals surface area contributed by atoms with E-state index in [1.807, 2.05) is 11.9 Å². The van der Waals surface area contributed by atoms with Gasteiger partial charge in [-0.3, -0.25) is 4.90 Å². The van der Waals surface area contributed by atoms with Gasteiger partial charge < -0.3 is 9.47 Å². The normalized spacial score (nSPS) is 16.0. The predicted molar refractivity (Wildman–Crippen MR) is 113 cm³/mol. The van der Waals surface area contributed by atoms with Crippen molar-refractivity contribution in [3.05, 3.63) is 59.8 Å². The molecule has 2 heterocycles. The van der Waals surface area contributed by atoms with Crippen molar-refractivity contribution in [2.75, 3.05) is 20.2 Å². The van der Waals surface area contributed by atoms with Gasteiger partial charge in [-0.2, -0.15) is 13.2 Å². The van der Waals surface area contributed by atoms with Gasteiger partial charge in [-0.05, 0) is 44.3 Å². The van der Waals surface area contributed by atoms with Crippen LogP contribution >= 0.6 is 0 Å². The van der Waals surface area contributed by atoms with Gasteiger partial charge in [0.2, 0.25) is 0 Å². The number of likely N-dealkylation sites (N-methyl/N-ethyl adjacent to an activating group) is 1. The zero-order valence-corrected chi connectivity index (χ0v) is 18.6. The summed E-state index contributed by atoms with van der Waals surface area (Å²) in [4.78, 5) is 13.4. The van der Waals surface area contributed by atoms with Crippen LogP contribution in [0.3, 0.4) is 0 Å². The van der Waals surface area contributed by atoms with Crippen LogP contribution in [0.5, 0.6) is 5.75 Å². The van der Waals surface area contributed by atoms with Crippen LogP contribution in [0.15, 0.2) is 53.4 Å². The second-order valence-corrected chi connectivity index (χ2v) is 9.54. The number of alkyl halides is 3. The van der Waals surface area contributed by atoms with Crippen LogP contribution < -0.4 is 4.74 Å². The highest BCUT2D eigenvalue weighted by molar-refractivity contribution is 7.90. The summed E-state index contributed by atoms with van der Waals surface area (Å²) >= 11 is 0. The van der Waals surface area contributed by atoms with Crippen LogP contribution in [0.2, 0.25) is 0 Å². The summed E-state index contributed by atoms with van der Waals surface area (Å²) in [6, 6.07) is 12.1. The van der Waals surface area contributed by atoms with E-state index in [9.17, 15) is 26.4 Å². The van der Waals surface area contributed by atoms with Gasteiger partial charge in [-0.15, -0.1) is 0 Å². The molecule has 4 rings (SSSR count). The number of hydrogen-bond donors (Lipinski definition) is 0. The summed E-state index contributed by atoms with van der Waals surface area (Å²) in [6.45, 7) is 2.73. The highest BCUT2D eigenvalue weighted by atomic mass is 32.2. The molecule has 0 radical (unpaired) electrons. The molecule has 1 aromatic heterocycles. The average Bonchev–Trinajstić information content (AvgIpc) is 3.05. The lowest BCUT2D eigenvalue weighted by Gasteiger charge is -2.18. The van der Waals surface area contributed by atoms with Gasteiger partial charge in [0.15, 0.2) is 0 Å². The maximum absolute atomic E-state index is 13.6. The lowest BCUT2D eigenvalue weighted by atomic mass is 10.1. The van der Waals surface area contributed by atoms with Crippen molar-refractivity contribution in [2.24, 2.45) is 0 Å². The van der Waals surface area contributed by atoms with Crippen molar-refractivity contribution < 1.29 is 35.9 Å². The molecule has 0 fully saturated rings. The van der Waals surface area contributed by atoms with E-state index in [0.717, 1.165) is 3.97 Å². The number of benzene rings is 2. The molecule has 1 unspecified atom stereocenters. The molecule has 1 aliphatic heterocycles.